The summed E-state index contributed by atoms with van der Waals surface area (Å²) in [5, 5.41) is 13.4. The predicted molar refractivity (Wildman–Crippen MR) is 66.1 cm³/mol. The van der Waals surface area contributed by atoms with Gasteiger partial charge in [0, 0.05) is 13.1 Å². The second kappa shape index (κ2) is 7.20. The fourth-order valence-corrected chi connectivity index (χ4v) is 1.92. The van der Waals surface area contributed by atoms with Crippen molar-refractivity contribution in [2.45, 2.75) is 39.2 Å². The van der Waals surface area contributed by atoms with Crippen LogP contribution in [-0.4, -0.2) is 49.3 Å². The van der Waals surface area contributed by atoms with Crippen LogP contribution in [0.5, 0.6) is 0 Å². The van der Waals surface area contributed by atoms with E-state index in [9.17, 15) is 5.11 Å². The number of hydrogen-bond acceptors (Lipinski definition) is 3. The van der Waals surface area contributed by atoms with Gasteiger partial charge in [-0.25, -0.2) is 0 Å². The van der Waals surface area contributed by atoms with Crippen molar-refractivity contribution in [1.29, 1.82) is 0 Å². The standard InChI is InChI=1S/C12H28N2O/c1-6-7-11(2)8-13-9-12(3,15)10-14(4)5/h11,13,15H,6-10H2,1-5H3. The minimum atomic E-state index is -0.630. The maximum Gasteiger partial charge on any atom is 0.0869 e. The Bertz CT molecular complexity index is 158. The van der Waals surface area contributed by atoms with Gasteiger partial charge in [-0.2, -0.15) is 0 Å². The molecule has 0 aromatic rings. The van der Waals surface area contributed by atoms with E-state index in [1.54, 1.807) is 0 Å². The number of rotatable bonds is 8. The lowest BCUT2D eigenvalue weighted by atomic mass is 10.0. The number of nitrogens with one attached hydrogen (secondary N) is 1. The van der Waals surface area contributed by atoms with Crippen LogP contribution in [0.25, 0.3) is 0 Å². The second-order valence-electron chi connectivity index (χ2n) is 5.26. The summed E-state index contributed by atoms with van der Waals surface area (Å²) < 4.78 is 0. The summed E-state index contributed by atoms with van der Waals surface area (Å²) in [6.07, 6.45) is 2.49. The summed E-state index contributed by atoms with van der Waals surface area (Å²) in [6, 6.07) is 0. The minimum Gasteiger partial charge on any atom is -0.388 e. The lowest BCUT2D eigenvalue weighted by Crippen LogP contribution is -2.46. The van der Waals surface area contributed by atoms with Crippen molar-refractivity contribution in [3.63, 3.8) is 0 Å². The zero-order valence-electron chi connectivity index (χ0n) is 11.0. The van der Waals surface area contributed by atoms with E-state index in [4.69, 9.17) is 0 Å². The van der Waals surface area contributed by atoms with Crippen molar-refractivity contribution in [3.8, 4) is 0 Å². The number of likely N-dealkylation sites (N-methyl/N-ethyl adjacent to an activating group) is 1. The third kappa shape index (κ3) is 8.85. The van der Waals surface area contributed by atoms with Gasteiger partial charge in [0.2, 0.25) is 0 Å². The molecule has 92 valence electrons. The molecule has 3 nitrogen and oxygen atoms in total. The van der Waals surface area contributed by atoms with Crippen molar-refractivity contribution in [1.82, 2.24) is 10.2 Å². The van der Waals surface area contributed by atoms with Crippen LogP contribution in [-0.2, 0) is 0 Å². The molecular weight excluding hydrogens is 188 g/mol. The number of nitrogens with zero attached hydrogens (tertiary/aromatic N) is 1. The first kappa shape index (κ1) is 14.9. The van der Waals surface area contributed by atoms with E-state index in [1.807, 2.05) is 25.9 Å². The highest BCUT2D eigenvalue weighted by molar-refractivity contribution is 4.78. The van der Waals surface area contributed by atoms with Crippen LogP contribution in [0.1, 0.15) is 33.6 Å². The van der Waals surface area contributed by atoms with Crippen molar-refractivity contribution in [3.05, 3.63) is 0 Å². The Morgan fingerprint density at radius 2 is 2.00 bits per heavy atom. The molecule has 0 aliphatic carbocycles. The fraction of sp³-hybridized carbons (Fsp3) is 1.00. The van der Waals surface area contributed by atoms with Crippen molar-refractivity contribution >= 4 is 0 Å². The molecule has 0 aromatic carbocycles. The Morgan fingerprint density at radius 1 is 1.40 bits per heavy atom. The smallest absolute Gasteiger partial charge is 0.0869 e. The highest BCUT2D eigenvalue weighted by Crippen LogP contribution is 2.05. The molecule has 0 radical (unpaired) electrons. The molecule has 0 aromatic heterocycles. The van der Waals surface area contributed by atoms with Gasteiger partial charge < -0.3 is 15.3 Å². The van der Waals surface area contributed by atoms with Crippen LogP contribution in [0, 0.1) is 5.92 Å². The van der Waals surface area contributed by atoms with Crippen molar-refractivity contribution in [2.24, 2.45) is 5.92 Å². The molecule has 0 saturated carbocycles. The molecular formula is C12H28N2O. The second-order valence-corrected chi connectivity index (χ2v) is 5.26. The summed E-state index contributed by atoms with van der Waals surface area (Å²) in [4.78, 5) is 2.01. The van der Waals surface area contributed by atoms with Gasteiger partial charge in [0.1, 0.15) is 0 Å². The molecule has 0 amide bonds. The van der Waals surface area contributed by atoms with Gasteiger partial charge in [0.05, 0.1) is 5.60 Å². The molecule has 3 heteroatoms. The predicted octanol–water partition coefficient (Wildman–Crippen LogP) is 1.32. The zero-order valence-corrected chi connectivity index (χ0v) is 11.0. The van der Waals surface area contributed by atoms with Crippen LogP contribution in [0.4, 0.5) is 0 Å². The van der Waals surface area contributed by atoms with Gasteiger partial charge >= 0.3 is 0 Å². The highest BCUT2D eigenvalue weighted by Gasteiger charge is 2.20. The van der Waals surface area contributed by atoms with Crippen molar-refractivity contribution < 1.29 is 5.11 Å². The lowest BCUT2D eigenvalue weighted by molar-refractivity contribution is 0.0332. The summed E-state index contributed by atoms with van der Waals surface area (Å²) in [7, 11) is 3.96. The Labute approximate surface area is 94.9 Å². The molecule has 0 bridgehead atoms. The summed E-state index contributed by atoms with van der Waals surface area (Å²) in [5.74, 6) is 0.699. The maximum absolute atomic E-state index is 10.0. The van der Waals surface area contributed by atoms with Gasteiger partial charge in [-0.15, -0.1) is 0 Å². The number of hydrogen-bond donors (Lipinski definition) is 2. The van der Waals surface area contributed by atoms with Crippen LogP contribution in [0.3, 0.4) is 0 Å². The van der Waals surface area contributed by atoms with E-state index in [1.165, 1.54) is 12.8 Å². The Morgan fingerprint density at radius 3 is 2.47 bits per heavy atom. The monoisotopic (exact) mass is 216 g/mol. The van der Waals surface area contributed by atoms with E-state index in [2.05, 4.69) is 19.2 Å². The van der Waals surface area contributed by atoms with E-state index in [0.29, 0.717) is 19.0 Å². The molecule has 2 atom stereocenters. The Balaban J connectivity index is 3.65. The third-order valence-electron chi connectivity index (χ3n) is 2.44. The topological polar surface area (TPSA) is 35.5 Å². The van der Waals surface area contributed by atoms with E-state index >= 15 is 0 Å². The molecule has 0 heterocycles. The third-order valence-corrected chi connectivity index (χ3v) is 2.44. The normalized spacial score (nSPS) is 17.8. The van der Waals surface area contributed by atoms with Gasteiger partial charge in [0.25, 0.3) is 0 Å². The quantitative estimate of drug-likeness (QED) is 0.642. The van der Waals surface area contributed by atoms with Crippen LogP contribution in [0.2, 0.25) is 0 Å². The van der Waals surface area contributed by atoms with Crippen LogP contribution >= 0.6 is 0 Å². The summed E-state index contributed by atoms with van der Waals surface area (Å²) in [6.45, 7) is 8.69. The molecule has 0 saturated heterocycles. The molecule has 2 unspecified atom stereocenters. The zero-order chi connectivity index (χ0) is 11.9. The fourth-order valence-electron chi connectivity index (χ4n) is 1.92. The van der Waals surface area contributed by atoms with Crippen molar-refractivity contribution in [2.75, 3.05) is 33.7 Å². The first-order valence-electron chi connectivity index (χ1n) is 5.95. The van der Waals surface area contributed by atoms with Gasteiger partial charge in [-0.1, -0.05) is 20.3 Å². The minimum absolute atomic E-state index is 0.630. The molecule has 15 heavy (non-hydrogen) atoms. The van der Waals surface area contributed by atoms with Crippen LogP contribution < -0.4 is 5.32 Å². The summed E-state index contributed by atoms with van der Waals surface area (Å²) in [5.41, 5.74) is -0.630. The first-order chi connectivity index (χ1) is 6.87. The van der Waals surface area contributed by atoms with E-state index < -0.39 is 5.60 Å². The summed E-state index contributed by atoms with van der Waals surface area (Å²) >= 11 is 0. The number of aliphatic hydroxyl groups is 1. The van der Waals surface area contributed by atoms with Gasteiger partial charge in [0.15, 0.2) is 0 Å². The van der Waals surface area contributed by atoms with Gasteiger partial charge in [-0.05, 0) is 39.9 Å². The van der Waals surface area contributed by atoms with Gasteiger partial charge in [-0.3, -0.25) is 0 Å². The molecule has 0 fully saturated rings. The maximum atomic E-state index is 10.0. The Hall–Kier alpha value is -0.120. The highest BCUT2D eigenvalue weighted by atomic mass is 16.3. The average Bonchev–Trinajstić information content (AvgIpc) is 2.01. The van der Waals surface area contributed by atoms with E-state index in [-0.39, 0.29) is 0 Å². The SMILES string of the molecule is CCCC(C)CNCC(C)(O)CN(C)C. The van der Waals surface area contributed by atoms with E-state index in [0.717, 1.165) is 6.54 Å². The largest absolute Gasteiger partial charge is 0.388 e. The first-order valence-corrected chi connectivity index (χ1v) is 5.95. The Kier molecular flexibility index (Phi) is 7.14. The molecule has 0 aliphatic rings. The van der Waals surface area contributed by atoms with Crippen LogP contribution in [0.15, 0.2) is 0 Å². The lowest BCUT2D eigenvalue weighted by Gasteiger charge is -2.27. The molecule has 0 rings (SSSR count). The molecule has 2 N–H and O–H groups in total. The average molecular weight is 216 g/mol. The molecule has 0 aliphatic heterocycles. The molecule has 0 spiro atoms.